The molecule has 0 saturated heterocycles. The normalized spacial score (nSPS) is 13.5. The topological polar surface area (TPSA) is 71.6 Å². The highest BCUT2D eigenvalue weighted by molar-refractivity contribution is 6.00. The lowest BCUT2D eigenvalue weighted by Gasteiger charge is -2.15. The first kappa shape index (κ1) is 17.8. The second-order valence-electron chi connectivity index (χ2n) is 5.94. The molecule has 0 spiro atoms. The van der Waals surface area contributed by atoms with Crippen LogP contribution in [0.15, 0.2) is 48.5 Å². The largest absolute Gasteiger partial charge is 0.497 e. The molecule has 6 nitrogen and oxygen atoms in total. The molecule has 1 heterocycles. The van der Waals surface area contributed by atoms with E-state index in [9.17, 15) is 4.79 Å². The van der Waals surface area contributed by atoms with Crippen LogP contribution in [0.3, 0.4) is 0 Å². The number of nitrogens with one attached hydrogen (secondary N) is 3. The lowest BCUT2D eigenvalue weighted by Crippen LogP contribution is -2.20. The quantitative estimate of drug-likeness (QED) is 0.766. The van der Waals surface area contributed by atoms with Crippen molar-refractivity contribution in [2.24, 2.45) is 0 Å². The highest BCUT2D eigenvalue weighted by atomic mass is 16.5. The molecule has 0 aromatic heterocycles. The van der Waals surface area contributed by atoms with Crippen LogP contribution in [0, 0.1) is 0 Å². The van der Waals surface area contributed by atoms with Crippen LogP contribution in [0.4, 0.5) is 16.2 Å². The second kappa shape index (κ2) is 8.40. The molecule has 0 fully saturated rings. The Labute approximate surface area is 153 Å². The zero-order valence-electron chi connectivity index (χ0n) is 15.0. The van der Waals surface area contributed by atoms with Gasteiger partial charge in [-0.25, -0.2) is 4.79 Å². The smallest absolute Gasteiger partial charge is 0.323 e. The van der Waals surface area contributed by atoms with Gasteiger partial charge >= 0.3 is 6.03 Å². The molecule has 0 atom stereocenters. The first-order valence-electron chi connectivity index (χ1n) is 8.49. The monoisotopic (exact) mass is 353 g/mol. The fourth-order valence-corrected chi connectivity index (χ4v) is 2.83. The Balaban J connectivity index is 1.64. The standard InChI is InChI=1S/C20H23N3O3/c1-25-18-11-17(12-19(13-18)26-2)23-20(24)22-16-5-3-14(4-6-16)15-7-9-21-10-8-15/h3-7,11-13,21H,8-10H2,1-2H3,(H2,22,23,24). The molecule has 6 heteroatoms. The number of benzene rings is 2. The van der Waals surface area contributed by atoms with Crippen molar-refractivity contribution in [1.82, 2.24) is 5.32 Å². The lowest BCUT2D eigenvalue weighted by molar-refractivity contribution is 0.262. The highest BCUT2D eigenvalue weighted by Gasteiger charge is 2.08. The molecular formula is C20H23N3O3. The van der Waals surface area contributed by atoms with E-state index in [0.717, 1.165) is 25.2 Å². The first-order valence-corrected chi connectivity index (χ1v) is 8.49. The average Bonchev–Trinajstić information content (AvgIpc) is 2.68. The van der Waals surface area contributed by atoms with Gasteiger partial charge in [-0.05, 0) is 36.2 Å². The van der Waals surface area contributed by atoms with Crippen molar-refractivity contribution in [2.45, 2.75) is 6.42 Å². The molecule has 2 amide bonds. The summed E-state index contributed by atoms with van der Waals surface area (Å²) in [5.74, 6) is 1.22. The molecule has 0 radical (unpaired) electrons. The lowest BCUT2D eigenvalue weighted by atomic mass is 10.0. The number of carbonyl (C=O) groups excluding carboxylic acids is 1. The minimum absolute atomic E-state index is 0.325. The third-order valence-electron chi connectivity index (χ3n) is 4.19. The fourth-order valence-electron chi connectivity index (χ4n) is 2.83. The van der Waals surface area contributed by atoms with Gasteiger partial charge in [-0.1, -0.05) is 18.2 Å². The Hall–Kier alpha value is -2.99. The number of anilines is 2. The van der Waals surface area contributed by atoms with E-state index in [-0.39, 0.29) is 6.03 Å². The number of urea groups is 1. The van der Waals surface area contributed by atoms with Gasteiger partial charge in [0.15, 0.2) is 0 Å². The predicted molar refractivity (Wildman–Crippen MR) is 104 cm³/mol. The fraction of sp³-hybridized carbons (Fsp3) is 0.250. The van der Waals surface area contributed by atoms with Gasteiger partial charge in [-0.3, -0.25) is 0 Å². The van der Waals surface area contributed by atoms with Crippen molar-refractivity contribution in [3.8, 4) is 11.5 Å². The van der Waals surface area contributed by atoms with Gasteiger partial charge in [0.1, 0.15) is 11.5 Å². The summed E-state index contributed by atoms with van der Waals surface area (Å²) in [6.45, 7) is 1.90. The molecule has 0 aliphatic carbocycles. The number of rotatable bonds is 5. The van der Waals surface area contributed by atoms with Crippen molar-refractivity contribution in [3.05, 3.63) is 54.1 Å². The van der Waals surface area contributed by atoms with Gasteiger partial charge in [-0.2, -0.15) is 0 Å². The van der Waals surface area contributed by atoms with Crippen molar-refractivity contribution < 1.29 is 14.3 Å². The maximum Gasteiger partial charge on any atom is 0.323 e. The van der Waals surface area contributed by atoms with Gasteiger partial charge < -0.3 is 25.4 Å². The predicted octanol–water partition coefficient (Wildman–Crippen LogP) is 3.72. The molecule has 0 unspecified atom stereocenters. The van der Waals surface area contributed by atoms with Crippen LogP contribution in [-0.2, 0) is 0 Å². The third kappa shape index (κ3) is 4.55. The number of methoxy groups -OCH3 is 2. The van der Waals surface area contributed by atoms with Crippen LogP contribution < -0.4 is 25.4 Å². The van der Waals surface area contributed by atoms with E-state index < -0.39 is 0 Å². The molecule has 0 bridgehead atoms. The minimum Gasteiger partial charge on any atom is -0.497 e. The van der Waals surface area contributed by atoms with E-state index in [1.807, 2.05) is 24.3 Å². The third-order valence-corrected chi connectivity index (χ3v) is 4.19. The number of amides is 2. The number of carbonyl (C=O) groups is 1. The molecule has 136 valence electrons. The molecule has 26 heavy (non-hydrogen) atoms. The number of ether oxygens (including phenoxy) is 2. The Kier molecular flexibility index (Phi) is 5.76. The van der Waals surface area contributed by atoms with Crippen molar-refractivity contribution in [1.29, 1.82) is 0 Å². The summed E-state index contributed by atoms with van der Waals surface area (Å²) in [7, 11) is 3.13. The van der Waals surface area contributed by atoms with Gasteiger partial charge in [0.25, 0.3) is 0 Å². The zero-order valence-corrected chi connectivity index (χ0v) is 15.0. The van der Waals surface area contributed by atoms with Gasteiger partial charge in [0.2, 0.25) is 0 Å². The van der Waals surface area contributed by atoms with E-state index >= 15 is 0 Å². The molecule has 3 N–H and O–H groups in total. The van der Waals surface area contributed by atoms with E-state index in [1.165, 1.54) is 11.1 Å². The van der Waals surface area contributed by atoms with E-state index in [4.69, 9.17) is 9.47 Å². The number of hydrogen-bond donors (Lipinski definition) is 3. The summed E-state index contributed by atoms with van der Waals surface area (Å²) in [5, 5.41) is 8.92. The summed E-state index contributed by atoms with van der Waals surface area (Å²) in [6.07, 6.45) is 3.22. The van der Waals surface area contributed by atoms with E-state index in [1.54, 1.807) is 32.4 Å². The Morgan fingerprint density at radius 2 is 1.62 bits per heavy atom. The number of hydrogen-bond acceptors (Lipinski definition) is 4. The Morgan fingerprint density at radius 3 is 2.19 bits per heavy atom. The van der Waals surface area contributed by atoms with Crippen LogP contribution >= 0.6 is 0 Å². The van der Waals surface area contributed by atoms with Crippen LogP contribution in [0.2, 0.25) is 0 Å². The van der Waals surface area contributed by atoms with Crippen LogP contribution in [0.5, 0.6) is 11.5 Å². The van der Waals surface area contributed by atoms with Crippen molar-refractivity contribution >= 4 is 23.0 Å². The van der Waals surface area contributed by atoms with Crippen molar-refractivity contribution in [2.75, 3.05) is 37.9 Å². The second-order valence-corrected chi connectivity index (χ2v) is 5.94. The summed E-state index contributed by atoms with van der Waals surface area (Å²) >= 11 is 0. The van der Waals surface area contributed by atoms with Crippen LogP contribution in [0.25, 0.3) is 5.57 Å². The van der Waals surface area contributed by atoms with E-state index in [0.29, 0.717) is 17.2 Å². The van der Waals surface area contributed by atoms with Gasteiger partial charge in [0.05, 0.1) is 14.2 Å². The zero-order chi connectivity index (χ0) is 18.4. The van der Waals surface area contributed by atoms with Crippen LogP contribution in [-0.4, -0.2) is 33.3 Å². The van der Waals surface area contributed by atoms with Gasteiger partial charge in [-0.15, -0.1) is 0 Å². The summed E-state index contributed by atoms with van der Waals surface area (Å²) < 4.78 is 10.4. The van der Waals surface area contributed by atoms with E-state index in [2.05, 4.69) is 22.0 Å². The SMILES string of the molecule is COc1cc(NC(=O)Nc2ccc(C3=CCNCC3)cc2)cc(OC)c1. The highest BCUT2D eigenvalue weighted by Crippen LogP contribution is 2.26. The van der Waals surface area contributed by atoms with Crippen LogP contribution in [0.1, 0.15) is 12.0 Å². The molecule has 1 aliphatic heterocycles. The Bertz CT molecular complexity index is 778. The molecule has 3 rings (SSSR count). The summed E-state index contributed by atoms with van der Waals surface area (Å²) in [5.41, 5.74) is 3.85. The molecule has 2 aromatic carbocycles. The minimum atomic E-state index is -0.325. The molecule has 0 saturated carbocycles. The summed E-state index contributed by atoms with van der Waals surface area (Å²) in [4.78, 5) is 12.2. The first-order chi connectivity index (χ1) is 12.7. The average molecular weight is 353 g/mol. The molecule has 2 aromatic rings. The maximum absolute atomic E-state index is 12.2. The summed E-state index contributed by atoms with van der Waals surface area (Å²) in [6, 6.07) is 12.8. The van der Waals surface area contributed by atoms with Gasteiger partial charge in [0, 0.05) is 36.1 Å². The Morgan fingerprint density at radius 1 is 0.962 bits per heavy atom. The molecule has 1 aliphatic rings. The van der Waals surface area contributed by atoms with Crippen molar-refractivity contribution in [3.63, 3.8) is 0 Å². The maximum atomic E-state index is 12.2. The molecular weight excluding hydrogens is 330 g/mol.